The molecule has 0 atom stereocenters. The van der Waals surface area contributed by atoms with Crippen molar-refractivity contribution in [3.63, 3.8) is 0 Å². The molecular formula is C12H19BrN2S. The predicted molar refractivity (Wildman–Crippen MR) is 74.0 cm³/mol. The molecular weight excluding hydrogens is 284 g/mol. The molecule has 0 radical (unpaired) electrons. The molecule has 1 aromatic heterocycles. The van der Waals surface area contributed by atoms with E-state index in [2.05, 4.69) is 58.1 Å². The maximum absolute atomic E-state index is 3.51. The lowest BCUT2D eigenvalue weighted by Crippen LogP contribution is -2.57. The number of hydrogen-bond acceptors (Lipinski definition) is 3. The zero-order valence-corrected chi connectivity index (χ0v) is 12.6. The second-order valence-corrected chi connectivity index (χ2v) is 7.09. The first-order chi connectivity index (χ1) is 7.47. The summed E-state index contributed by atoms with van der Waals surface area (Å²) in [4.78, 5) is 6.46. The van der Waals surface area contributed by atoms with Gasteiger partial charge in [-0.1, -0.05) is 0 Å². The minimum absolute atomic E-state index is 0.298. The van der Waals surface area contributed by atoms with E-state index in [1.165, 1.54) is 22.4 Å². The molecule has 16 heavy (non-hydrogen) atoms. The fourth-order valence-electron chi connectivity index (χ4n) is 2.13. The van der Waals surface area contributed by atoms with E-state index in [1.54, 1.807) is 0 Å². The van der Waals surface area contributed by atoms with E-state index in [0.29, 0.717) is 5.54 Å². The van der Waals surface area contributed by atoms with Crippen LogP contribution in [0.1, 0.15) is 18.7 Å². The average molecular weight is 303 g/mol. The van der Waals surface area contributed by atoms with Gasteiger partial charge in [0.15, 0.2) is 0 Å². The molecule has 90 valence electrons. The smallest absolute Gasteiger partial charge is 0.0329 e. The van der Waals surface area contributed by atoms with Gasteiger partial charge in [-0.3, -0.25) is 9.80 Å². The Hall–Kier alpha value is 0.1000. The highest BCUT2D eigenvalue weighted by molar-refractivity contribution is 9.10. The molecule has 2 rings (SSSR count). The second kappa shape index (κ2) is 4.77. The summed E-state index contributed by atoms with van der Waals surface area (Å²) in [6.07, 6.45) is 0. The Bertz CT molecular complexity index is 362. The third kappa shape index (κ3) is 2.86. The van der Waals surface area contributed by atoms with Crippen molar-refractivity contribution >= 4 is 27.3 Å². The van der Waals surface area contributed by atoms with Gasteiger partial charge in [0.1, 0.15) is 0 Å². The van der Waals surface area contributed by atoms with Crippen molar-refractivity contribution in [2.24, 2.45) is 0 Å². The van der Waals surface area contributed by atoms with Gasteiger partial charge in [0, 0.05) is 46.4 Å². The van der Waals surface area contributed by atoms with E-state index >= 15 is 0 Å². The molecule has 1 aliphatic rings. The molecule has 1 aliphatic heterocycles. The topological polar surface area (TPSA) is 6.48 Å². The molecule has 0 unspecified atom stereocenters. The SMILES string of the molecule is CN1CCN(Cc2cc(Br)cs2)CC1(C)C. The first-order valence-corrected chi connectivity index (χ1v) is 7.31. The van der Waals surface area contributed by atoms with E-state index in [-0.39, 0.29) is 0 Å². The Morgan fingerprint density at radius 3 is 2.75 bits per heavy atom. The number of hydrogen-bond donors (Lipinski definition) is 0. The quantitative estimate of drug-likeness (QED) is 0.828. The maximum Gasteiger partial charge on any atom is 0.0329 e. The molecule has 1 fully saturated rings. The van der Waals surface area contributed by atoms with Crippen LogP contribution in [0.5, 0.6) is 0 Å². The highest BCUT2D eigenvalue weighted by Gasteiger charge is 2.30. The number of piperazine rings is 1. The lowest BCUT2D eigenvalue weighted by atomic mass is 10.00. The molecule has 0 spiro atoms. The summed E-state index contributed by atoms with van der Waals surface area (Å²) < 4.78 is 1.21. The molecule has 0 saturated carbocycles. The number of likely N-dealkylation sites (N-methyl/N-ethyl adjacent to an activating group) is 1. The van der Waals surface area contributed by atoms with E-state index in [1.807, 2.05) is 11.3 Å². The van der Waals surface area contributed by atoms with Gasteiger partial charge in [-0.25, -0.2) is 0 Å². The zero-order valence-electron chi connectivity index (χ0n) is 10.2. The summed E-state index contributed by atoms with van der Waals surface area (Å²) >= 11 is 5.35. The maximum atomic E-state index is 3.51. The van der Waals surface area contributed by atoms with E-state index in [0.717, 1.165) is 13.1 Å². The summed E-state index contributed by atoms with van der Waals surface area (Å²) in [5.41, 5.74) is 0.298. The van der Waals surface area contributed by atoms with Crippen molar-refractivity contribution in [3.05, 3.63) is 20.8 Å². The minimum Gasteiger partial charge on any atom is -0.299 e. The first-order valence-electron chi connectivity index (χ1n) is 5.64. The Labute approximate surface area is 110 Å². The van der Waals surface area contributed by atoms with E-state index < -0.39 is 0 Å². The van der Waals surface area contributed by atoms with Crippen LogP contribution in [0.15, 0.2) is 15.9 Å². The van der Waals surface area contributed by atoms with E-state index in [9.17, 15) is 0 Å². The summed E-state index contributed by atoms with van der Waals surface area (Å²) in [5, 5.41) is 2.16. The second-order valence-electron chi connectivity index (χ2n) is 5.18. The van der Waals surface area contributed by atoms with Crippen molar-refractivity contribution in [1.82, 2.24) is 9.80 Å². The van der Waals surface area contributed by atoms with Crippen LogP contribution in [-0.2, 0) is 6.54 Å². The predicted octanol–water partition coefficient (Wildman–Crippen LogP) is 3.04. The summed E-state index contributed by atoms with van der Waals surface area (Å²) in [7, 11) is 2.22. The molecule has 1 aromatic rings. The third-order valence-electron chi connectivity index (χ3n) is 3.40. The van der Waals surface area contributed by atoms with Gasteiger partial charge in [0.05, 0.1) is 0 Å². The largest absolute Gasteiger partial charge is 0.299 e. The fraction of sp³-hybridized carbons (Fsp3) is 0.667. The molecule has 1 saturated heterocycles. The van der Waals surface area contributed by atoms with Crippen LogP contribution in [0.3, 0.4) is 0 Å². The molecule has 4 heteroatoms. The van der Waals surface area contributed by atoms with Crippen molar-refractivity contribution in [1.29, 1.82) is 0 Å². The Balaban J connectivity index is 1.97. The Morgan fingerprint density at radius 1 is 1.44 bits per heavy atom. The monoisotopic (exact) mass is 302 g/mol. The Morgan fingerprint density at radius 2 is 2.19 bits per heavy atom. The molecule has 0 N–H and O–H groups in total. The molecule has 0 aromatic carbocycles. The van der Waals surface area contributed by atoms with Crippen molar-refractivity contribution in [3.8, 4) is 0 Å². The van der Waals surface area contributed by atoms with Gasteiger partial charge in [-0.2, -0.15) is 0 Å². The number of halogens is 1. The van der Waals surface area contributed by atoms with Crippen LogP contribution >= 0.6 is 27.3 Å². The highest BCUT2D eigenvalue weighted by atomic mass is 79.9. The summed E-state index contributed by atoms with van der Waals surface area (Å²) in [6.45, 7) is 9.23. The van der Waals surface area contributed by atoms with Gasteiger partial charge in [-0.05, 0) is 42.9 Å². The first kappa shape index (κ1) is 12.6. The summed E-state index contributed by atoms with van der Waals surface area (Å²) in [5.74, 6) is 0. The van der Waals surface area contributed by atoms with Crippen molar-refractivity contribution in [2.75, 3.05) is 26.7 Å². The van der Waals surface area contributed by atoms with Crippen LogP contribution in [0.25, 0.3) is 0 Å². The van der Waals surface area contributed by atoms with Crippen molar-refractivity contribution < 1.29 is 0 Å². The lowest BCUT2D eigenvalue weighted by Gasteiger charge is -2.45. The molecule has 0 amide bonds. The zero-order chi connectivity index (χ0) is 11.8. The molecule has 0 aliphatic carbocycles. The number of nitrogens with zero attached hydrogens (tertiary/aromatic N) is 2. The van der Waals surface area contributed by atoms with Gasteiger partial charge in [0.25, 0.3) is 0 Å². The van der Waals surface area contributed by atoms with Crippen LogP contribution in [-0.4, -0.2) is 42.0 Å². The van der Waals surface area contributed by atoms with Gasteiger partial charge in [-0.15, -0.1) is 11.3 Å². The Kier molecular flexibility index (Phi) is 3.74. The molecule has 2 heterocycles. The lowest BCUT2D eigenvalue weighted by molar-refractivity contribution is 0.0365. The fourth-order valence-corrected chi connectivity index (χ4v) is 3.63. The van der Waals surface area contributed by atoms with Gasteiger partial charge in [0.2, 0.25) is 0 Å². The van der Waals surface area contributed by atoms with Gasteiger partial charge >= 0.3 is 0 Å². The summed E-state index contributed by atoms with van der Waals surface area (Å²) in [6, 6.07) is 2.23. The molecule has 0 bridgehead atoms. The number of thiophene rings is 1. The van der Waals surface area contributed by atoms with Crippen LogP contribution in [0.4, 0.5) is 0 Å². The van der Waals surface area contributed by atoms with E-state index in [4.69, 9.17) is 0 Å². The van der Waals surface area contributed by atoms with Crippen LogP contribution in [0, 0.1) is 0 Å². The van der Waals surface area contributed by atoms with Crippen LogP contribution in [0.2, 0.25) is 0 Å². The standard InChI is InChI=1S/C12H19BrN2S/c1-12(2)9-15(5-4-14(12)3)7-11-6-10(13)8-16-11/h6,8H,4-5,7,9H2,1-3H3. The van der Waals surface area contributed by atoms with Gasteiger partial charge < -0.3 is 0 Å². The van der Waals surface area contributed by atoms with Crippen molar-refractivity contribution in [2.45, 2.75) is 25.9 Å². The minimum atomic E-state index is 0.298. The third-order valence-corrected chi connectivity index (χ3v) is 5.08. The van der Waals surface area contributed by atoms with Crippen LogP contribution < -0.4 is 0 Å². The molecule has 2 nitrogen and oxygen atoms in total. The average Bonchev–Trinajstić information content (AvgIpc) is 2.57. The number of rotatable bonds is 2. The highest BCUT2D eigenvalue weighted by Crippen LogP contribution is 2.24. The normalized spacial score (nSPS) is 22.5.